The van der Waals surface area contributed by atoms with E-state index in [9.17, 15) is 0 Å². The highest BCUT2D eigenvalue weighted by atomic mass is 16.5. The number of piperidine rings is 1. The molecule has 0 aromatic carbocycles. The van der Waals surface area contributed by atoms with Crippen LogP contribution < -0.4 is 15.8 Å². The van der Waals surface area contributed by atoms with E-state index in [0.717, 1.165) is 63.3 Å². The van der Waals surface area contributed by atoms with Gasteiger partial charge in [0.1, 0.15) is 12.1 Å². The molecule has 4 fully saturated rings. The van der Waals surface area contributed by atoms with E-state index in [-0.39, 0.29) is 17.7 Å². The van der Waals surface area contributed by atoms with Crippen LogP contribution in [0, 0.1) is 5.92 Å². The van der Waals surface area contributed by atoms with Gasteiger partial charge >= 0.3 is 0 Å². The summed E-state index contributed by atoms with van der Waals surface area (Å²) in [5, 5.41) is 0. The maximum absolute atomic E-state index is 6.14. The van der Waals surface area contributed by atoms with Gasteiger partial charge in [0.25, 0.3) is 0 Å². The van der Waals surface area contributed by atoms with Crippen molar-refractivity contribution in [3.63, 3.8) is 0 Å². The molecule has 1 aromatic rings. The molecule has 7 nitrogen and oxygen atoms in total. The third kappa shape index (κ3) is 4.02. The van der Waals surface area contributed by atoms with Crippen molar-refractivity contribution in [2.75, 3.05) is 24.6 Å². The molecular formula is C22H35N5O2. The summed E-state index contributed by atoms with van der Waals surface area (Å²) >= 11 is 0. The Labute approximate surface area is 173 Å². The van der Waals surface area contributed by atoms with Crippen LogP contribution in [0.4, 0.5) is 5.82 Å². The first-order valence-electron chi connectivity index (χ1n) is 11.5. The number of rotatable bonds is 4. The molecule has 5 rings (SSSR count). The van der Waals surface area contributed by atoms with Gasteiger partial charge in [-0.3, -0.25) is 5.43 Å². The normalized spacial score (nSPS) is 34.1. The van der Waals surface area contributed by atoms with Gasteiger partial charge in [-0.1, -0.05) is 0 Å². The molecule has 4 aliphatic rings. The van der Waals surface area contributed by atoms with Gasteiger partial charge in [0.15, 0.2) is 0 Å². The molecule has 1 saturated carbocycles. The minimum atomic E-state index is 0.143. The van der Waals surface area contributed by atoms with Crippen LogP contribution in [0.2, 0.25) is 0 Å². The van der Waals surface area contributed by atoms with Crippen LogP contribution in [0.25, 0.3) is 0 Å². The fraction of sp³-hybridized carbons (Fsp3) is 0.818. The van der Waals surface area contributed by atoms with Crippen LogP contribution in [0.1, 0.15) is 70.5 Å². The van der Waals surface area contributed by atoms with Gasteiger partial charge in [-0.15, -0.1) is 0 Å². The minimum Gasteiger partial charge on any atom is -0.376 e. The summed E-state index contributed by atoms with van der Waals surface area (Å²) in [6.45, 7) is 7.23. The maximum atomic E-state index is 6.14. The topological polar surface area (TPSA) is 71.5 Å². The lowest BCUT2D eigenvalue weighted by atomic mass is 9.79. The van der Waals surface area contributed by atoms with Gasteiger partial charge in [0.05, 0.1) is 29.5 Å². The summed E-state index contributed by atoms with van der Waals surface area (Å²) in [6, 6.07) is 2.91. The summed E-state index contributed by atoms with van der Waals surface area (Å²) in [6.07, 6.45) is 10.4. The van der Waals surface area contributed by atoms with Crippen molar-refractivity contribution in [1.82, 2.24) is 20.8 Å². The zero-order valence-corrected chi connectivity index (χ0v) is 17.8. The second-order valence-electron chi connectivity index (χ2n) is 9.58. The molecule has 0 bridgehead atoms. The Morgan fingerprint density at radius 1 is 1.17 bits per heavy atom. The highest BCUT2D eigenvalue weighted by Gasteiger charge is 2.43. The number of anilines is 1. The molecule has 1 spiro atoms. The second-order valence-corrected chi connectivity index (χ2v) is 9.58. The van der Waals surface area contributed by atoms with Crippen molar-refractivity contribution in [1.29, 1.82) is 0 Å². The van der Waals surface area contributed by atoms with Crippen molar-refractivity contribution >= 4 is 5.82 Å². The number of nitrogens with one attached hydrogen (secondary N) is 2. The summed E-state index contributed by atoms with van der Waals surface area (Å²) in [7, 11) is 0. The lowest BCUT2D eigenvalue weighted by molar-refractivity contribution is -0.0276. The van der Waals surface area contributed by atoms with Crippen LogP contribution in [0.3, 0.4) is 0 Å². The largest absolute Gasteiger partial charge is 0.376 e. The van der Waals surface area contributed by atoms with Crippen LogP contribution >= 0.6 is 0 Å². The third-order valence-corrected chi connectivity index (χ3v) is 7.34. The van der Waals surface area contributed by atoms with Crippen LogP contribution in [-0.4, -0.2) is 53.5 Å². The van der Waals surface area contributed by atoms with Crippen molar-refractivity contribution in [3.8, 4) is 0 Å². The Bertz CT molecular complexity index is 698. The average molecular weight is 402 g/mol. The number of ether oxygens (including phenoxy) is 2. The quantitative estimate of drug-likeness (QED) is 0.804. The summed E-state index contributed by atoms with van der Waals surface area (Å²) in [5.74, 6) is 1.56. The lowest BCUT2D eigenvalue weighted by Crippen LogP contribution is -2.44. The zero-order chi connectivity index (χ0) is 19.8. The smallest absolute Gasteiger partial charge is 0.132 e. The van der Waals surface area contributed by atoms with E-state index < -0.39 is 0 Å². The molecule has 2 N–H and O–H groups in total. The van der Waals surface area contributed by atoms with Gasteiger partial charge in [0, 0.05) is 37.7 Å². The van der Waals surface area contributed by atoms with E-state index >= 15 is 0 Å². The van der Waals surface area contributed by atoms with Crippen molar-refractivity contribution in [2.45, 2.75) is 88.7 Å². The fourth-order valence-corrected chi connectivity index (χ4v) is 5.82. The first-order chi connectivity index (χ1) is 14.1. The minimum absolute atomic E-state index is 0.143. The van der Waals surface area contributed by atoms with Crippen molar-refractivity contribution < 1.29 is 9.47 Å². The first-order valence-corrected chi connectivity index (χ1v) is 11.5. The van der Waals surface area contributed by atoms with Gasteiger partial charge in [-0.05, 0) is 58.8 Å². The molecular weight excluding hydrogens is 366 g/mol. The zero-order valence-electron chi connectivity index (χ0n) is 17.8. The van der Waals surface area contributed by atoms with Gasteiger partial charge in [-0.25, -0.2) is 15.4 Å². The van der Waals surface area contributed by atoms with E-state index in [1.54, 1.807) is 6.33 Å². The van der Waals surface area contributed by atoms with Gasteiger partial charge in [0.2, 0.25) is 0 Å². The number of hydrogen-bond acceptors (Lipinski definition) is 7. The Morgan fingerprint density at radius 2 is 2.03 bits per heavy atom. The Kier molecular flexibility index (Phi) is 5.49. The molecule has 4 atom stereocenters. The molecule has 3 saturated heterocycles. The van der Waals surface area contributed by atoms with Crippen LogP contribution in [-0.2, 0) is 9.47 Å². The molecule has 29 heavy (non-hydrogen) atoms. The number of fused-ring (bicyclic) bond motifs is 1. The van der Waals surface area contributed by atoms with E-state index in [1.807, 2.05) is 0 Å². The summed E-state index contributed by atoms with van der Waals surface area (Å²) < 4.78 is 12.2. The van der Waals surface area contributed by atoms with Crippen LogP contribution in [0.15, 0.2) is 12.4 Å². The highest BCUT2D eigenvalue weighted by Crippen LogP contribution is 2.40. The first kappa shape index (κ1) is 19.7. The standard InChI is InChI=1S/C22H35N5O2/c1-15(2)29-16-4-5-18-17(12-16)21(26-25-18)19-13-20(24-14-23-19)27-9-7-22(8-10-27)6-3-11-28-22/h13-18,21,25-26H,3-12H2,1-2H3. The molecule has 4 heterocycles. The molecule has 0 amide bonds. The van der Waals surface area contributed by atoms with Crippen molar-refractivity contribution in [3.05, 3.63) is 18.1 Å². The second kappa shape index (κ2) is 8.10. The fourth-order valence-electron chi connectivity index (χ4n) is 5.82. The SMILES string of the molecule is CC(C)OC1CCC2NNC(c3cc(N4CCC5(CCCO5)CC4)ncn3)C2C1. The van der Waals surface area contributed by atoms with E-state index in [0.29, 0.717) is 18.1 Å². The predicted octanol–water partition coefficient (Wildman–Crippen LogP) is 2.74. The molecule has 160 valence electrons. The van der Waals surface area contributed by atoms with E-state index in [4.69, 9.17) is 9.47 Å². The van der Waals surface area contributed by atoms with Gasteiger partial charge < -0.3 is 14.4 Å². The summed E-state index contributed by atoms with van der Waals surface area (Å²) in [5.41, 5.74) is 8.28. The molecule has 7 heteroatoms. The maximum Gasteiger partial charge on any atom is 0.132 e. The average Bonchev–Trinajstić information content (AvgIpc) is 3.35. The number of hydrogen-bond donors (Lipinski definition) is 2. The Hall–Kier alpha value is -1.28. The molecule has 4 unspecified atom stereocenters. The molecule has 1 aliphatic carbocycles. The highest BCUT2D eigenvalue weighted by molar-refractivity contribution is 5.41. The van der Waals surface area contributed by atoms with Crippen molar-refractivity contribution in [2.24, 2.45) is 5.92 Å². The molecule has 0 radical (unpaired) electrons. The lowest BCUT2D eigenvalue weighted by Gasteiger charge is -2.39. The van der Waals surface area contributed by atoms with Gasteiger partial charge in [-0.2, -0.15) is 0 Å². The summed E-state index contributed by atoms with van der Waals surface area (Å²) in [4.78, 5) is 11.7. The number of nitrogens with zero attached hydrogens (tertiary/aromatic N) is 3. The predicted molar refractivity (Wildman–Crippen MR) is 112 cm³/mol. The third-order valence-electron chi connectivity index (χ3n) is 7.34. The molecule has 1 aromatic heterocycles. The number of hydrazine groups is 1. The van der Waals surface area contributed by atoms with E-state index in [2.05, 4.69) is 45.6 Å². The number of aromatic nitrogens is 2. The monoisotopic (exact) mass is 401 g/mol. The molecule has 3 aliphatic heterocycles. The van der Waals surface area contributed by atoms with E-state index in [1.165, 1.54) is 12.8 Å². The van der Waals surface area contributed by atoms with Crippen LogP contribution in [0.5, 0.6) is 0 Å². The Balaban J connectivity index is 1.27. The Morgan fingerprint density at radius 3 is 2.79 bits per heavy atom.